The number of ether oxygens (including phenoxy) is 1. The molecular formula is C21H26N2O5. The van der Waals surface area contributed by atoms with E-state index in [0.29, 0.717) is 17.1 Å². The van der Waals surface area contributed by atoms with Crippen LogP contribution in [0.1, 0.15) is 43.7 Å². The Kier molecular flexibility index (Phi) is 6.34. The summed E-state index contributed by atoms with van der Waals surface area (Å²) in [4.78, 5) is 35.8. The van der Waals surface area contributed by atoms with E-state index in [1.807, 2.05) is 25.1 Å². The van der Waals surface area contributed by atoms with Gasteiger partial charge < -0.3 is 14.5 Å². The number of imide groups is 1. The van der Waals surface area contributed by atoms with Crippen molar-refractivity contribution in [2.45, 2.75) is 52.0 Å². The molecule has 150 valence electrons. The molecule has 0 radical (unpaired) electrons. The molecular weight excluding hydrogens is 360 g/mol. The van der Waals surface area contributed by atoms with Crippen molar-refractivity contribution in [2.24, 2.45) is 5.92 Å². The van der Waals surface area contributed by atoms with Gasteiger partial charge in [0.25, 0.3) is 5.91 Å². The van der Waals surface area contributed by atoms with Crippen molar-refractivity contribution < 1.29 is 23.5 Å². The van der Waals surface area contributed by atoms with Crippen molar-refractivity contribution in [2.75, 3.05) is 6.61 Å². The maximum Gasteiger partial charge on any atom is 0.321 e. The molecule has 0 aliphatic heterocycles. The molecule has 1 aliphatic carbocycles. The first kappa shape index (κ1) is 19.9. The first-order valence-electron chi connectivity index (χ1n) is 9.65. The maximum absolute atomic E-state index is 12.0. The van der Waals surface area contributed by atoms with E-state index >= 15 is 0 Å². The zero-order valence-electron chi connectivity index (χ0n) is 16.2. The molecule has 7 nitrogen and oxygen atoms in total. The molecule has 0 spiro atoms. The van der Waals surface area contributed by atoms with E-state index < -0.39 is 24.5 Å². The van der Waals surface area contributed by atoms with Crippen LogP contribution in [0.2, 0.25) is 0 Å². The fraction of sp³-hybridized carbons (Fsp3) is 0.476. The number of amides is 3. The SMILES string of the molecule is Cc1ccc2c(CC(=O)OCC(=O)NC(=O)N[C@H]3CCCC[C@H]3C)coc2c1. The molecule has 2 aromatic rings. The molecule has 3 rings (SSSR count). The van der Waals surface area contributed by atoms with Crippen molar-refractivity contribution in [1.82, 2.24) is 10.6 Å². The Morgan fingerprint density at radius 1 is 1.21 bits per heavy atom. The lowest BCUT2D eigenvalue weighted by atomic mass is 9.86. The summed E-state index contributed by atoms with van der Waals surface area (Å²) in [5, 5.41) is 5.88. The van der Waals surface area contributed by atoms with Gasteiger partial charge in [0.1, 0.15) is 5.58 Å². The van der Waals surface area contributed by atoms with Gasteiger partial charge in [0.05, 0.1) is 12.7 Å². The van der Waals surface area contributed by atoms with Crippen molar-refractivity contribution in [3.63, 3.8) is 0 Å². The largest absolute Gasteiger partial charge is 0.464 e. The predicted octanol–water partition coefficient (Wildman–Crippen LogP) is 3.23. The van der Waals surface area contributed by atoms with Crippen molar-refractivity contribution >= 4 is 28.9 Å². The normalized spacial score (nSPS) is 19.2. The number of hydrogen-bond donors (Lipinski definition) is 2. The summed E-state index contributed by atoms with van der Waals surface area (Å²) in [6.45, 7) is 3.55. The molecule has 1 aliphatic rings. The summed E-state index contributed by atoms with van der Waals surface area (Å²) in [6.07, 6.45) is 5.73. The third-order valence-corrected chi connectivity index (χ3v) is 5.19. The summed E-state index contributed by atoms with van der Waals surface area (Å²) in [7, 11) is 0. The van der Waals surface area contributed by atoms with Gasteiger partial charge in [0.2, 0.25) is 0 Å². The maximum atomic E-state index is 12.0. The lowest BCUT2D eigenvalue weighted by Gasteiger charge is -2.29. The average molecular weight is 386 g/mol. The van der Waals surface area contributed by atoms with Gasteiger partial charge in [-0.2, -0.15) is 0 Å². The number of carbonyl (C=O) groups is 3. The molecule has 1 aromatic carbocycles. The van der Waals surface area contributed by atoms with Crippen molar-refractivity contribution in [3.05, 3.63) is 35.6 Å². The highest BCUT2D eigenvalue weighted by Gasteiger charge is 2.23. The number of aryl methyl sites for hydroxylation is 1. The Morgan fingerprint density at radius 3 is 2.79 bits per heavy atom. The van der Waals surface area contributed by atoms with E-state index in [4.69, 9.17) is 9.15 Å². The van der Waals surface area contributed by atoms with Crippen molar-refractivity contribution in [1.29, 1.82) is 0 Å². The Hall–Kier alpha value is -2.83. The van der Waals surface area contributed by atoms with Crippen LogP contribution < -0.4 is 10.6 Å². The number of hydrogen-bond acceptors (Lipinski definition) is 5. The second-order valence-corrected chi connectivity index (χ2v) is 7.49. The van der Waals surface area contributed by atoms with Gasteiger partial charge in [-0.1, -0.05) is 31.9 Å². The monoisotopic (exact) mass is 386 g/mol. The molecule has 1 aromatic heterocycles. The van der Waals surface area contributed by atoms with Crippen LogP contribution in [0, 0.1) is 12.8 Å². The molecule has 2 atom stereocenters. The smallest absolute Gasteiger partial charge is 0.321 e. The van der Waals surface area contributed by atoms with Gasteiger partial charge >= 0.3 is 12.0 Å². The third-order valence-electron chi connectivity index (χ3n) is 5.19. The second kappa shape index (κ2) is 8.91. The van der Waals surface area contributed by atoms with E-state index in [0.717, 1.165) is 30.2 Å². The number of nitrogens with one attached hydrogen (secondary N) is 2. The number of furan rings is 1. The molecule has 7 heteroatoms. The summed E-state index contributed by atoms with van der Waals surface area (Å²) >= 11 is 0. The second-order valence-electron chi connectivity index (χ2n) is 7.49. The Bertz CT molecular complexity index is 873. The first-order chi connectivity index (χ1) is 13.4. The van der Waals surface area contributed by atoms with E-state index in [-0.39, 0.29) is 12.5 Å². The van der Waals surface area contributed by atoms with Gasteiger partial charge in [-0.25, -0.2) is 4.79 Å². The van der Waals surface area contributed by atoms with Crippen LogP contribution in [0.15, 0.2) is 28.9 Å². The standard InChI is InChI=1S/C21H26N2O5/c1-13-7-8-16-15(11-27-18(16)9-13)10-20(25)28-12-19(24)23-21(26)22-17-6-4-3-5-14(17)2/h7-9,11,14,17H,3-6,10,12H2,1-2H3,(H2,22,23,24,26)/t14-,17+/m1/s1. The van der Waals surface area contributed by atoms with Gasteiger partial charge in [0, 0.05) is 17.0 Å². The highest BCUT2D eigenvalue weighted by molar-refractivity contribution is 5.96. The van der Waals surface area contributed by atoms with Crippen LogP contribution in [-0.4, -0.2) is 30.6 Å². The summed E-state index contributed by atoms with van der Waals surface area (Å²) in [5.41, 5.74) is 2.46. The van der Waals surface area contributed by atoms with Crippen molar-refractivity contribution in [3.8, 4) is 0 Å². The van der Waals surface area contributed by atoms with Crippen LogP contribution >= 0.6 is 0 Å². The molecule has 28 heavy (non-hydrogen) atoms. The Morgan fingerprint density at radius 2 is 2.00 bits per heavy atom. The van der Waals surface area contributed by atoms with E-state index in [1.165, 1.54) is 12.7 Å². The van der Waals surface area contributed by atoms with E-state index in [2.05, 4.69) is 17.6 Å². The fourth-order valence-electron chi connectivity index (χ4n) is 3.58. The third kappa shape index (κ3) is 5.12. The zero-order chi connectivity index (χ0) is 20.1. The number of carbonyl (C=O) groups excluding carboxylic acids is 3. The molecule has 1 saturated carbocycles. The van der Waals surface area contributed by atoms with Gasteiger partial charge in [-0.15, -0.1) is 0 Å². The summed E-state index contributed by atoms with van der Waals surface area (Å²) in [5.74, 6) is -0.817. The zero-order valence-corrected chi connectivity index (χ0v) is 16.2. The van der Waals surface area contributed by atoms with Crippen LogP contribution in [-0.2, 0) is 20.7 Å². The average Bonchev–Trinajstić information content (AvgIpc) is 3.03. The number of fused-ring (bicyclic) bond motifs is 1. The molecule has 0 saturated heterocycles. The Balaban J connectivity index is 1.43. The minimum absolute atomic E-state index is 0.00484. The predicted molar refractivity (Wildman–Crippen MR) is 104 cm³/mol. The highest BCUT2D eigenvalue weighted by Crippen LogP contribution is 2.24. The number of benzene rings is 1. The van der Waals surface area contributed by atoms with Gasteiger partial charge in [0.15, 0.2) is 6.61 Å². The highest BCUT2D eigenvalue weighted by atomic mass is 16.5. The molecule has 0 bridgehead atoms. The molecule has 1 fully saturated rings. The van der Waals surface area contributed by atoms with Gasteiger partial charge in [-0.05, 0) is 37.3 Å². The number of urea groups is 1. The number of esters is 1. The molecule has 0 unspecified atom stereocenters. The van der Waals surface area contributed by atoms with Crippen LogP contribution in [0.4, 0.5) is 4.79 Å². The lowest BCUT2D eigenvalue weighted by molar-refractivity contribution is -0.147. The van der Waals surface area contributed by atoms with E-state index in [9.17, 15) is 14.4 Å². The lowest BCUT2D eigenvalue weighted by Crippen LogP contribution is -2.48. The molecule has 2 N–H and O–H groups in total. The first-order valence-corrected chi connectivity index (χ1v) is 9.65. The summed E-state index contributed by atoms with van der Waals surface area (Å²) in [6, 6.07) is 5.24. The van der Waals surface area contributed by atoms with Crippen LogP contribution in [0.5, 0.6) is 0 Å². The van der Waals surface area contributed by atoms with E-state index in [1.54, 1.807) is 0 Å². The van der Waals surface area contributed by atoms with Crippen LogP contribution in [0.3, 0.4) is 0 Å². The molecule has 1 heterocycles. The topological polar surface area (TPSA) is 97.6 Å². The minimum atomic E-state index is -0.651. The summed E-state index contributed by atoms with van der Waals surface area (Å²) < 4.78 is 10.4. The number of rotatable bonds is 5. The quantitative estimate of drug-likeness (QED) is 0.769. The van der Waals surface area contributed by atoms with Crippen LogP contribution in [0.25, 0.3) is 11.0 Å². The minimum Gasteiger partial charge on any atom is -0.464 e. The molecule has 3 amide bonds. The fourth-order valence-corrected chi connectivity index (χ4v) is 3.58. The Labute approximate surface area is 163 Å². The van der Waals surface area contributed by atoms with Gasteiger partial charge in [-0.3, -0.25) is 14.9 Å².